The van der Waals surface area contributed by atoms with Gasteiger partial charge in [-0.25, -0.2) is 14.8 Å². The number of aromatic nitrogens is 5. The number of aryl methyl sites for hydroxylation is 1. The molecule has 0 bridgehead atoms. The van der Waals surface area contributed by atoms with E-state index in [9.17, 15) is 10.1 Å². The summed E-state index contributed by atoms with van der Waals surface area (Å²) in [4.78, 5) is 35.2. The molecule has 1 aliphatic rings. The van der Waals surface area contributed by atoms with Crippen molar-refractivity contribution in [1.29, 1.82) is 5.26 Å². The standard InChI is InChI=1S/C28H30N8O2/c1-18-15-34(27(37)38-28(3,4)5)11-12-35(18)25-23-22(24-19(2)30-9-10-31-24)16-36(26(23)33-17-32-25)21-8-6-7-20(13-21)14-29/h6-10,13,16-18H,11-12,15H2,1-5H3/t18-/m0/s1. The third kappa shape index (κ3) is 4.75. The normalized spacial score (nSPS) is 15.9. The van der Waals surface area contributed by atoms with Crippen LogP contribution in [0.15, 0.2) is 49.2 Å². The Kier molecular flexibility index (Phi) is 6.45. The Hall–Kier alpha value is -4.52. The number of nitrogens with zero attached hydrogens (tertiary/aromatic N) is 8. The van der Waals surface area contributed by atoms with Gasteiger partial charge in [-0.2, -0.15) is 5.26 Å². The van der Waals surface area contributed by atoms with Crippen LogP contribution in [0.25, 0.3) is 28.0 Å². The molecule has 1 amide bonds. The summed E-state index contributed by atoms with van der Waals surface area (Å²) in [5, 5.41) is 10.3. The minimum absolute atomic E-state index is 0.0181. The van der Waals surface area contributed by atoms with Crippen LogP contribution in [0.1, 0.15) is 39.0 Å². The lowest BCUT2D eigenvalue weighted by atomic mass is 10.1. The van der Waals surface area contributed by atoms with Gasteiger partial charge in [0.2, 0.25) is 0 Å². The smallest absolute Gasteiger partial charge is 0.410 e. The Bertz CT molecular complexity index is 1550. The maximum atomic E-state index is 12.7. The molecule has 38 heavy (non-hydrogen) atoms. The zero-order valence-corrected chi connectivity index (χ0v) is 22.2. The van der Waals surface area contributed by atoms with Crippen LogP contribution < -0.4 is 4.90 Å². The number of hydrogen-bond acceptors (Lipinski definition) is 8. The average molecular weight is 511 g/mol. The second kappa shape index (κ2) is 9.74. The van der Waals surface area contributed by atoms with Gasteiger partial charge in [0.05, 0.1) is 28.4 Å². The Morgan fingerprint density at radius 3 is 2.63 bits per heavy atom. The van der Waals surface area contributed by atoms with Gasteiger partial charge in [0.25, 0.3) is 0 Å². The van der Waals surface area contributed by atoms with Crippen LogP contribution in [0, 0.1) is 18.3 Å². The van der Waals surface area contributed by atoms with Gasteiger partial charge in [0.15, 0.2) is 5.65 Å². The molecular weight excluding hydrogens is 480 g/mol. The van der Waals surface area contributed by atoms with E-state index >= 15 is 0 Å². The highest BCUT2D eigenvalue weighted by Gasteiger charge is 2.32. The van der Waals surface area contributed by atoms with Crippen LogP contribution in [-0.4, -0.2) is 66.8 Å². The predicted molar refractivity (Wildman–Crippen MR) is 144 cm³/mol. The van der Waals surface area contributed by atoms with Crippen molar-refractivity contribution < 1.29 is 9.53 Å². The molecule has 0 saturated carbocycles. The van der Waals surface area contributed by atoms with Crippen LogP contribution in [0.4, 0.5) is 10.6 Å². The Labute approximate surface area is 221 Å². The quantitative estimate of drug-likeness (QED) is 0.396. The van der Waals surface area contributed by atoms with Crippen molar-refractivity contribution in [2.24, 2.45) is 0 Å². The third-order valence-corrected chi connectivity index (χ3v) is 6.50. The summed E-state index contributed by atoms with van der Waals surface area (Å²) in [6.07, 6.45) is 6.58. The molecule has 1 aromatic carbocycles. The van der Waals surface area contributed by atoms with Crippen molar-refractivity contribution in [2.75, 3.05) is 24.5 Å². The van der Waals surface area contributed by atoms with Crippen molar-refractivity contribution >= 4 is 22.9 Å². The first kappa shape index (κ1) is 25.1. The van der Waals surface area contributed by atoms with Crippen molar-refractivity contribution in [3.63, 3.8) is 0 Å². The van der Waals surface area contributed by atoms with Crippen molar-refractivity contribution in [1.82, 2.24) is 29.4 Å². The summed E-state index contributed by atoms with van der Waals surface area (Å²) in [6, 6.07) is 9.59. The average Bonchev–Trinajstić information content (AvgIpc) is 3.28. The molecule has 0 aliphatic carbocycles. The Morgan fingerprint density at radius 2 is 1.92 bits per heavy atom. The fourth-order valence-corrected chi connectivity index (χ4v) is 4.80. The van der Waals surface area contributed by atoms with Gasteiger partial charge in [-0.3, -0.25) is 9.97 Å². The molecule has 5 rings (SSSR count). The first-order valence-corrected chi connectivity index (χ1v) is 12.6. The number of carbonyl (C=O) groups excluding carboxylic acids is 1. The highest BCUT2D eigenvalue weighted by molar-refractivity contribution is 6.02. The molecule has 0 radical (unpaired) electrons. The molecule has 4 heterocycles. The summed E-state index contributed by atoms with van der Waals surface area (Å²) in [5.74, 6) is 0.765. The van der Waals surface area contributed by atoms with E-state index in [4.69, 9.17) is 9.72 Å². The van der Waals surface area contributed by atoms with Gasteiger partial charge in [0, 0.05) is 55.5 Å². The molecule has 0 unspecified atom stereocenters. The molecule has 10 nitrogen and oxygen atoms in total. The summed E-state index contributed by atoms with van der Waals surface area (Å²) >= 11 is 0. The highest BCUT2D eigenvalue weighted by atomic mass is 16.6. The summed E-state index contributed by atoms with van der Waals surface area (Å²) < 4.78 is 7.56. The molecule has 3 aromatic heterocycles. The van der Waals surface area contributed by atoms with Gasteiger partial charge >= 0.3 is 6.09 Å². The molecule has 10 heteroatoms. The number of benzene rings is 1. The van der Waals surface area contributed by atoms with E-state index in [0.29, 0.717) is 30.8 Å². The molecule has 1 saturated heterocycles. The van der Waals surface area contributed by atoms with Gasteiger partial charge in [-0.05, 0) is 52.8 Å². The molecule has 0 spiro atoms. The third-order valence-electron chi connectivity index (χ3n) is 6.50. The molecule has 0 N–H and O–H groups in total. The molecule has 1 aliphatic heterocycles. The molecule has 1 atom stereocenters. The number of rotatable bonds is 3. The first-order chi connectivity index (χ1) is 18.2. The minimum Gasteiger partial charge on any atom is -0.444 e. The van der Waals surface area contributed by atoms with Crippen LogP contribution in [0.5, 0.6) is 0 Å². The molecule has 1 fully saturated rings. The maximum Gasteiger partial charge on any atom is 0.410 e. The Balaban J connectivity index is 1.62. The topological polar surface area (TPSA) is 113 Å². The van der Waals surface area contributed by atoms with E-state index < -0.39 is 5.60 Å². The lowest BCUT2D eigenvalue weighted by Crippen LogP contribution is -2.54. The lowest BCUT2D eigenvalue weighted by molar-refractivity contribution is 0.0218. The SMILES string of the molecule is Cc1nccnc1-c1cn(-c2cccc(C#N)c2)c2ncnc(N3CCN(C(=O)OC(C)(C)C)C[C@@H]3C)c12. The van der Waals surface area contributed by atoms with E-state index in [1.165, 1.54) is 0 Å². The van der Waals surface area contributed by atoms with Crippen LogP contribution in [0.3, 0.4) is 0 Å². The Morgan fingerprint density at radius 1 is 1.13 bits per heavy atom. The van der Waals surface area contributed by atoms with Crippen LogP contribution in [-0.2, 0) is 4.74 Å². The van der Waals surface area contributed by atoms with Crippen molar-refractivity contribution in [3.05, 3.63) is 60.4 Å². The van der Waals surface area contributed by atoms with Gasteiger partial charge < -0.3 is 19.1 Å². The van der Waals surface area contributed by atoms with E-state index in [-0.39, 0.29) is 12.1 Å². The number of carbonyl (C=O) groups is 1. The van der Waals surface area contributed by atoms with E-state index in [0.717, 1.165) is 33.8 Å². The van der Waals surface area contributed by atoms with E-state index in [1.54, 1.807) is 29.7 Å². The second-order valence-electron chi connectivity index (χ2n) is 10.4. The number of nitriles is 1. The van der Waals surface area contributed by atoms with Crippen molar-refractivity contribution in [2.45, 2.75) is 46.3 Å². The number of hydrogen-bond donors (Lipinski definition) is 0. The van der Waals surface area contributed by atoms with Gasteiger partial charge in [-0.15, -0.1) is 0 Å². The molecule has 4 aromatic rings. The summed E-state index contributed by atoms with van der Waals surface area (Å²) in [7, 11) is 0. The number of anilines is 1. The zero-order chi connectivity index (χ0) is 27.0. The number of amides is 1. The van der Waals surface area contributed by atoms with Crippen LogP contribution >= 0.6 is 0 Å². The number of ether oxygens (including phenoxy) is 1. The van der Waals surface area contributed by atoms with E-state index in [2.05, 4.69) is 32.8 Å². The summed E-state index contributed by atoms with van der Waals surface area (Å²) in [5.41, 5.74) is 3.90. The number of piperazine rings is 1. The van der Waals surface area contributed by atoms with E-state index in [1.807, 2.05) is 56.7 Å². The molecule has 194 valence electrons. The highest BCUT2D eigenvalue weighted by Crippen LogP contribution is 2.38. The molecular formula is C28H30N8O2. The first-order valence-electron chi connectivity index (χ1n) is 12.6. The van der Waals surface area contributed by atoms with Gasteiger partial charge in [0.1, 0.15) is 17.7 Å². The van der Waals surface area contributed by atoms with Crippen molar-refractivity contribution in [3.8, 4) is 23.0 Å². The lowest BCUT2D eigenvalue weighted by Gasteiger charge is -2.41. The monoisotopic (exact) mass is 510 g/mol. The zero-order valence-electron chi connectivity index (χ0n) is 22.2. The summed E-state index contributed by atoms with van der Waals surface area (Å²) in [6.45, 7) is 11.2. The number of fused-ring (bicyclic) bond motifs is 1. The largest absolute Gasteiger partial charge is 0.444 e. The fourth-order valence-electron chi connectivity index (χ4n) is 4.80. The maximum absolute atomic E-state index is 12.7. The van der Waals surface area contributed by atoms with Crippen LogP contribution in [0.2, 0.25) is 0 Å². The minimum atomic E-state index is -0.550. The predicted octanol–water partition coefficient (Wildman–Crippen LogP) is 4.50. The second-order valence-corrected chi connectivity index (χ2v) is 10.4. The fraction of sp³-hybridized carbons (Fsp3) is 0.357. The van der Waals surface area contributed by atoms with Gasteiger partial charge in [-0.1, -0.05) is 6.07 Å².